The van der Waals surface area contributed by atoms with Crippen LogP contribution >= 0.6 is 11.3 Å². The average molecular weight is 496 g/mol. The zero-order valence-corrected chi connectivity index (χ0v) is 19.8. The predicted molar refractivity (Wildman–Crippen MR) is 131 cm³/mol. The Morgan fingerprint density at radius 1 is 0.971 bits per heavy atom. The summed E-state index contributed by atoms with van der Waals surface area (Å²) in [5.41, 5.74) is 1.86. The van der Waals surface area contributed by atoms with Crippen LogP contribution in [-0.4, -0.2) is 37.3 Å². The van der Waals surface area contributed by atoms with E-state index in [2.05, 4.69) is 10.8 Å². The van der Waals surface area contributed by atoms with Gasteiger partial charge in [0.2, 0.25) is 0 Å². The smallest absolute Gasteiger partial charge is 0.261 e. The number of para-hydroxylation sites is 1. The topological polar surface area (TPSA) is 79.4 Å². The van der Waals surface area contributed by atoms with Crippen molar-refractivity contribution in [3.63, 3.8) is 0 Å². The lowest BCUT2D eigenvalue weighted by Gasteiger charge is -2.31. The van der Waals surface area contributed by atoms with Gasteiger partial charge in [-0.3, -0.25) is 9.52 Å². The Labute approximate surface area is 201 Å². The van der Waals surface area contributed by atoms with Crippen molar-refractivity contribution in [3.05, 3.63) is 89.2 Å². The molecule has 1 aliphatic rings. The van der Waals surface area contributed by atoms with Crippen LogP contribution < -0.4 is 4.72 Å². The molecule has 5 rings (SSSR count). The third kappa shape index (κ3) is 4.67. The lowest BCUT2D eigenvalue weighted by molar-refractivity contribution is 0.0713. The van der Waals surface area contributed by atoms with Gasteiger partial charge >= 0.3 is 0 Å². The van der Waals surface area contributed by atoms with E-state index in [1.54, 1.807) is 35.6 Å². The summed E-state index contributed by atoms with van der Waals surface area (Å²) in [5, 5.41) is 1.13. The fourth-order valence-electron chi connectivity index (χ4n) is 4.09. The van der Waals surface area contributed by atoms with Gasteiger partial charge in [-0.15, -0.1) is 11.3 Å². The van der Waals surface area contributed by atoms with E-state index in [9.17, 15) is 17.6 Å². The molecule has 3 aromatic carbocycles. The van der Waals surface area contributed by atoms with Crippen molar-refractivity contribution in [1.29, 1.82) is 0 Å². The van der Waals surface area contributed by atoms with Crippen LogP contribution in [-0.2, 0) is 10.0 Å². The van der Waals surface area contributed by atoms with Crippen LogP contribution in [0.4, 0.5) is 10.1 Å². The van der Waals surface area contributed by atoms with Crippen LogP contribution in [0.3, 0.4) is 0 Å². The predicted octanol–water partition coefficient (Wildman–Crippen LogP) is 5.26. The second-order valence-electron chi connectivity index (χ2n) is 8.22. The van der Waals surface area contributed by atoms with E-state index in [1.165, 1.54) is 16.8 Å². The van der Waals surface area contributed by atoms with Crippen molar-refractivity contribution >= 4 is 43.2 Å². The van der Waals surface area contributed by atoms with Gasteiger partial charge in [-0.25, -0.2) is 17.8 Å². The average Bonchev–Trinajstić information content (AvgIpc) is 3.29. The molecule has 2 heterocycles. The first-order chi connectivity index (χ1) is 16.4. The lowest BCUT2D eigenvalue weighted by atomic mass is 9.97. The van der Waals surface area contributed by atoms with Gasteiger partial charge in [0.15, 0.2) is 0 Å². The molecule has 1 fully saturated rings. The first-order valence-corrected chi connectivity index (χ1v) is 13.2. The number of carbonyl (C=O) groups is 1. The van der Waals surface area contributed by atoms with E-state index < -0.39 is 15.8 Å². The summed E-state index contributed by atoms with van der Waals surface area (Å²) in [5.74, 6) is -0.230. The van der Waals surface area contributed by atoms with Crippen molar-refractivity contribution in [1.82, 2.24) is 9.88 Å². The number of anilines is 1. The minimum atomic E-state index is -3.84. The first kappa shape index (κ1) is 22.5. The van der Waals surface area contributed by atoms with Crippen molar-refractivity contribution < 1.29 is 17.6 Å². The van der Waals surface area contributed by atoms with Gasteiger partial charge in [-0.1, -0.05) is 12.1 Å². The van der Waals surface area contributed by atoms with Crippen molar-refractivity contribution in [3.8, 4) is 0 Å². The summed E-state index contributed by atoms with van der Waals surface area (Å²) in [6.45, 7) is 1.30. The molecule has 0 bridgehead atoms. The summed E-state index contributed by atoms with van der Waals surface area (Å²) >= 11 is 1.73. The summed E-state index contributed by atoms with van der Waals surface area (Å²) in [6, 6.07) is 19.1. The normalized spacial score (nSPS) is 14.9. The van der Waals surface area contributed by atoms with Gasteiger partial charge in [0.1, 0.15) is 5.82 Å². The number of thiazole rings is 1. The highest BCUT2D eigenvalue weighted by atomic mass is 32.2. The summed E-state index contributed by atoms with van der Waals surface area (Å²) in [7, 11) is -3.84. The number of piperidine rings is 1. The molecule has 0 radical (unpaired) electrons. The zero-order valence-electron chi connectivity index (χ0n) is 18.1. The number of amides is 1. The first-order valence-electron chi connectivity index (χ1n) is 10.9. The number of benzene rings is 3. The van der Waals surface area contributed by atoms with E-state index >= 15 is 0 Å². The number of hydrogen-bond donors (Lipinski definition) is 1. The molecule has 1 aliphatic heterocycles. The maximum atomic E-state index is 13.1. The molecule has 174 valence electrons. The van der Waals surface area contributed by atoms with Crippen molar-refractivity contribution in [2.45, 2.75) is 23.7 Å². The number of nitrogens with one attached hydrogen (secondary N) is 1. The van der Waals surface area contributed by atoms with Crippen LogP contribution in [0, 0.1) is 5.82 Å². The van der Waals surface area contributed by atoms with E-state index in [1.807, 2.05) is 23.1 Å². The van der Waals surface area contributed by atoms with E-state index in [-0.39, 0.29) is 10.8 Å². The molecule has 1 N–H and O–H groups in total. The molecule has 0 aliphatic carbocycles. The van der Waals surface area contributed by atoms with Crippen LogP contribution in [0.1, 0.15) is 34.1 Å². The zero-order chi connectivity index (χ0) is 23.7. The van der Waals surface area contributed by atoms with Gasteiger partial charge in [-0.2, -0.15) is 0 Å². The maximum absolute atomic E-state index is 13.1. The quantitative estimate of drug-likeness (QED) is 0.410. The Morgan fingerprint density at radius 2 is 1.65 bits per heavy atom. The number of rotatable bonds is 5. The minimum absolute atomic E-state index is 0.0370. The lowest BCUT2D eigenvalue weighted by Crippen LogP contribution is -2.37. The summed E-state index contributed by atoms with van der Waals surface area (Å²) in [6.07, 6.45) is 1.72. The number of halogens is 1. The number of fused-ring (bicyclic) bond motifs is 1. The molecule has 6 nitrogen and oxygen atoms in total. The fraction of sp³-hybridized carbons (Fsp3) is 0.200. The summed E-state index contributed by atoms with van der Waals surface area (Å²) in [4.78, 5) is 19.5. The number of aromatic nitrogens is 1. The molecule has 1 saturated heterocycles. The monoisotopic (exact) mass is 495 g/mol. The Balaban J connectivity index is 1.21. The van der Waals surface area contributed by atoms with Crippen molar-refractivity contribution in [2.75, 3.05) is 17.8 Å². The third-order valence-corrected chi connectivity index (χ3v) is 8.55. The molecule has 0 unspecified atom stereocenters. The molecular formula is C25H22FN3O3S2. The van der Waals surface area contributed by atoms with E-state index in [0.29, 0.717) is 30.3 Å². The highest BCUT2D eigenvalue weighted by Gasteiger charge is 2.26. The highest BCUT2D eigenvalue weighted by Crippen LogP contribution is 2.34. The fourth-order valence-corrected chi connectivity index (χ4v) is 6.28. The molecule has 0 saturated carbocycles. The third-order valence-electron chi connectivity index (χ3n) is 5.95. The number of likely N-dealkylation sites (tertiary alicyclic amines) is 1. The Bertz CT molecular complexity index is 1390. The molecule has 0 atom stereocenters. The molecule has 0 spiro atoms. The maximum Gasteiger partial charge on any atom is 0.261 e. The van der Waals surface area contributed by atoms with Crippen LogP contribution in [0.2, 0.25) is 0 Å². The second kappa shape index (κ2) is 9.15. The van der Waals surface area contributed by atoms with E-state index in [0.717, 1.165) is 35.5 Å². The van der Waals surface area contributed by atoms with Crippen LogP contribution in [0.25, 0.3) is 10.2 Å². The van der Waals surface area contributed by atoms with Crippen LogP contribution in [0.15, 0.2) is 77.7 Å². The Kier molecular flexibility index (Phi) is 6.05. The van der Waals surface area contributed by atoms with Gasteiger partial charge in [-0.05, 0) is 73.5 Å². The molecular weight excluding hydrogens is 473 g/mol. The standard InChI is InChI=1S/C25H22FN3O3S2/c26-19-7-11-21(12-8-19)34(31,32)28-20-9-5-18(6-10-20)25(30)29-15-13-17(14-16-29)24-27-22-3-1-2-4-23(22)33-24/h1-12,17,28H,13-16H2. The number of carbonyl (C=O) groups excluding carboxylic acids is 1. The molecule has 9 heteroatoms. The largest absolute Gasteiger partial charge is 0.339 e. The Hall–Kier alpha value is -3.30. The van der Waals surface area contributed by atoms with Gasteiger partial charge in [0, 0.05) is 30.3 Å². The minimum Gasteiger partial charge on any atom is -0.339 e. The van der Waals surface area contributed by atoms with E-state index in [4.69, 9.17) is 4.98 Å². The summed E-state index contributed by atoms with van der Waals surface area (Å²) < 4.78 is 41.7. The molecule has 1 amide bonds. The molecule has 34 heavy (non-hydrogen) atoms. The second-order valence-corrected chi connectivity index (χ2v) is 11.0. The molecule has 1 aromatic heterocycles. The number of sulfonamides is 1. The van der Waals surface area contributed by atoms with Crippen molar-refractivity contribution in [2.24, 2.45) is 0 Å². The SMILES string of the molecule is O=C(c1ccc(NS(=O)(=O)c2ccc(F)cc2)cc1)N1CCC(c2nc3ccccc3s2)CC1. The van der Waals surface area contributed by atoms with Gasteiger partial charge in [0.05, 0.1) is 20.1 Å². The number of hydrogen-bond acceptors (Lipinski definition) is 5. The molecule has 4 aromatic rings. The Morgan fingerprint density at radius 3 is 2.32 bits per heavy atom. The number of nitrogens with zero attached hydrogens (tertiary/aromatic N) is 2. The highest BCUT2D eigenvalue weighted by molar-refractivity contribution is 7.92. The van der Waals surface area contributed by atoms with Crippen LogP contribution in [0.5, 0.6) is 0 Å². The van der Waals surface area contributed by atoms with Gasteiger partial charge < -0.3 is 4.90 Å². The van der Waals surface area contributed by atoms with Gasteiger partial charge in [0.25, 0.3) is 15.9 Å².